The minimum Gasteiger partial charge on any atom is -0.288 e. The van der Waals surface area contributed by atoms with Crippen molar-refractivity contribution in [2.45, 2.75) is 13.3 Å². The van der Waals surface area contributed by atoms with E-state index in [0.717, 1.165) is 18.5 Å². The summed E-state index contributed by atoms with van der Waals surface area (Å²) in [7, 11) is 0. The molecule has 0 aliphatic rings. The van der Waals surface area contributed by atoms with Crippen molar-refractivity contribution in [1.29, 1.82) is 0 Å². The van der Waals surface area contributed by atoms with E-state index in [1.165, 1.54) is 22.6 Å². The van der Waals surface area contributed by atoms with Crippen LogP contribution in [0.4, 0.5) is 11.4 Å². The quantitative estimate of drug-likeness (QED) is 0.504. The Labute approximate surface area is 122 Å². The predicted octanol–water partition coefficient (Wildman–Crippen LogP) is 2.66. The van der Waals surface area contributed by atoms with Gasteiger partial charge >= 0.3 is 0 Å². The van der Waals surface area contributed by atoms with Gasteiger partial charge in [0, 0.05) is 16.9 Å². The smallest absolute Gasteiger partial charge is 0.274 e. The fourth-order valence-electron chi connectivity index (χ4n) is 2.00. The van der Waals surface area contributed by atoms with Crippen LogP contribution in [0.5, 0.6) is 0 Å². The molecule has 0 aliphatic heterocycles. The van der Waals surface area contributed by atoms with E-state index in [9.17, 15) is 9.59 Å². The molecule has 0 bridgehead atoms. The Morgan fingerprint density at radius 3 is 2.05 bits per heavy atom. The molecule has 0 saturated heterocycles. The number of carbonyl (C=O) groups is 2. The second kappa shape index (κ2) is 6.67. The molecule has 2 aromatic rings. The zero-order chi connectivity index (χ0) is 15.2. The highest BCUT2D eigenvalue weighted by Gasteiger charge is 2.10. The summed E-state index contributed by atoms with van der Waals surface area (Å²) >= 11 is 0. The molecule has 0 aromatic heterocycles. The third-order valence-corrected chi connectivity index (χ3v) is 3.24. The first-order valence-electron chi connectivity index (χ1n) is 6.57. The molecule has 0 spiro atoms. The maximum atomic E-state index is 11.3. The van der Waals surface area contributed by atoms with Gasteiger partial charge in [-0.25, -0.2) is 5.48 Å². The van der Waals surface area contributed by atoms with Gasteiger partial charge in [-0.1, -0.05) is 19.1 Å². The van der Waals surface area contributed by atoms with Crippen LogP contribution in [0.25, 0.3) is 0 Å². The van der Waals surface area contributed by atoms with E-state index in [2.05, 4.69) is 6.92 Å². The number of hydroxylamine groups is 1. The van der Waals surface area contributed by atoms with Crippen molar-refractivity contribution in [1.82, 2.24) is 5.48 Å². The van der Waals surface area contributed by atoms with E-state index in [1.54, 1.807) is 17.6 Å². The topological polar surface area (TPSA) is 69.6 Å². The molecule has 2 aromatic carbocycles. The lowest BCUT2D eigenvalue weighted by Crippen LogP contribution is -2.19. The van der Waals surface area contributed by atoms with Gasteiger partial charge in [-0.05, 0) is 48.4 Å². The number of hydrogen-bond acceptors (Lipinski definition) is 3. The molecule has 0 unspecified atom stereocenters. The van der Waals surface area contributed by atoms with E-state index in [-0.39, 0.29) is 0 Å². The minimum absolute atomic E-state index is 0.313. The number of aryl methyl sites for hydroxylation is 1. The average molecular weight is 284 g/mol. The van der Waals surface area contributed by atoms with Gasteiger partial charge in [0.05, 0.1) is 0 Å². The first-order chi connectivity index (χ1) is 10.2. The molecular formula is C16H16N2O3. The van der Waals surface area contributed by atoms with Gasteiger partial charge in [0.25, 0.3) is 5.91 Å². The largest absolute Gasteiger partial charge is 0.288 e. The first kappa shape index (κ1) is 14.7. The van der Waals surface area contributed by atoms with Gasteiger partial charge in [0.15, 0.2) is 0 Å². The molecular weight excluding hydrogens is 268 g/mol. The van der Waals surface area contributed by atoms with E-state index >= 15 is 0 Å². The normalized spacial score (nSPS) is 10.0. The van der Waals surface area contributed by atoms with Crippen LogP contribution in [0.1, 0.15) is 22.8 Å². The summed E-state index contributed by atoms with van der Waals surface area (Å²) < 4.78 is 0. The number of hydrogen-bond donors (Lipinski definition) is 2. The molecule has 0 fully saturated rings. The fraction of sp³-hybridized carbons (Fsp3) is 0.125. The van der Waals surface area contributed by atoms with Crippen LogP contribution in [-0.4, -0.2) is 17.5 Å². The highest BCUT2D eigenvalue weighted by atomic mass is 16.5. The summed E-state index contributed by atoms with van der Waals surface area (Å²) in [5.41, 5.74) is 4.47. The van der Waals surface area contributed by atoms with E-state index in [4.69, 9.17) is 5.21 Å². The van der Waals surface area contributed by atoms with Crippen LogP contribution in [0.2, 0.25) is 0 Å². The van der Waals surface area contributed by atoms with Gasteiger partial charge < -0.3 is 0 Å². The Morgan fingerprint density at radius 2 is 1.62 bits per heavy atom. The van der Waals surface area contributed by atoms with Crippen molar-refractivity contribution in [3.05, 3.63) is 59.7 Å². The Hall–Kier alpha value is -2.66. The lowest BCUT2D eigenvalue weighted by molar-refractivity contribution is -0.106. The third-order valence-electron chi connectivity index (χ3n) is 3.24. The summed E-state index contributed by atoms with van der Waals surface area (Å²) in [5, 5.41) is 8.57. The fourth-order valence-corrected chi connectivity index (χ4v) is 2.00. The molecule has 2 rings (SSSR count). The molecule has 0 heterocycles. The van der Waals surface area contributed by atoms with Crippen molar-refractivity contribution >= 4 is 23.7 Å². The Balaban J connectivity index is 2.28. The second-order valence-electron chi connectivity index (χ2n) is 4.48. The minimum atomic E-state index is -0.591. The lowest BCUT2D eigenvalue weighted by atomic mass is 10.1. The van der Waals surface area contributed by atoms with E-state index in [1.807, 2.05) is 24.3 Å². The predicted molar refractivity (Wildman–Crippen MR) is 79.7 cm³/mol. The summed E-state index contributed by atoms with van der Waals surface area (Å²) in [5.74, 6) is -0.591. The SMILES string of the molecule is CCc1ccc(N(C=O)c2ccc(C(=O)NO)cc2)cc1. The van der Waals surface area contributed by atoms with Crippen molar-refractivity contribution in [3.63, 3.8) is 0 Å². The number of rotatable bonds is 5. The number of nitrogens with zero attached hydrogens (tertiary/aromatic N) is 1. The lowest BCUT2D eigenvalue weighted by Gasteiger charge is -2.18. The number of benzene rings is 2. The van der Waals surface area contributed by atoms with Crippen molar-refractivity contribution in [2.75, 3.05) is 4.90 Å². The maximum Gasteiger partial charge on any atom is 0.274 e. The number of nitrogens with one attached hydrogen (secondary N) is 1. The zero-order valence-electron chi connectivity index (χ0n) is 11.6. The molecule has 108 valence electrons. The van der Waals surface area contributed by atoms with Crippen molar-refractivity contribution < 1.29 is 14.8 Å². The Morgan fingerprint density at radius 1 is 1.10 bits per heavy atom. The van der Waals surface area contributed by atoms with Crippen LogP contribution in [0.3, 0.4) is 0 Å². The summed E-state index contributed by atoms with van der Waals surface area (Å²) in [6.45, 7) is 2.07. The molecule has 0 radical (unpaired) electrons. The Bertz CT molecular complexity index is 621. The molecule has 21 heavy (non-hydrogen) atoms. The van der Waals surface area contributed by atoms with Gasteiger partial charge in [0.1, 0.15) is 0 Å². The molecule has 0 saturated carbocycles. The highest BCUT2D eigenvalue weighted by Crippen LogP contribution is 2.24. The monoisotopic (exact) mass is 284 g/mol. The number of carbonyl (C=O) groups excluding carboxylic acids is 2. The summed E-state index contributed by atoms with van der Waals surface area (Å²) in [6.07, 6.45) is 1.66. The van der Waals surface area contributed by atoms with Crippen LogP contribution in [0.15, 0.2) is 48.5 Å². The summed E-state index contributed by atoms with van der Waals surface area (Å²) in [4.78, 5) is 24.1. The average Bonchev–Trinajstić information content (AvgIpc) is 2.56. The summed E-state index contributed by atoms with van der Waals surface area (Å²) in [6, 6.07) is 14.1. The first-order valence-corrected chi connectivity index (χ1v) is 6.57. The van der Waals surface area contributed by atoms with E-state index in [0.29, 0.717) is 11.3 Å². The number of amides is 2. The number of anilines is 2. The zero-order valence-corrected chi connectivity index (χ0v) is 11.6. The molecule has 2 N–H and O–H groups in total. The van der Waals surface area contributed by atoms with Gasteiger partial charge in [0.2, 0.25) is 6.41 Å². The van der Waals surface area contributed by atoms with Crippen molar-refractivity contribution in [3.8, 4) is 0 Å². The molecule has 5 heteroatoms. The van der Waals surface area contributed by atoms with Crippen LogP contribution < -0.4 is 10.4 Å². The van der Waals surface area contributed by atoms with E-state index < -0.39 is 5.91 Å². The molecule has 5 nitrogen and oxygen atoms in total. The Kier molecular flexibility index (Phi) is 4.68. The van der Waals surface area contributed by atoms with Crippen molar-refractivity contribution in [2.24, 2.45) is 0 Å². The maximum absolute atomic E-state index is 11.3. The standard InChI is InChI=1S/C16H16N2O3/c1-2-12-3-7-14(8-4-12)18(11-19)15-9-5-13(6-10-15)16(20)17-21/h3-11,21H,2H2,1H3,(H,17,20). The highest BCUT2D eigenvalue weighted by molar-refractivity contribution is 5.94. The molecule has 0 aliphatic carbocycles. The van der Waals surface area contributed by atoms with Crippen LogP contribution >= 0.6 is 0 Å². The molecule has 2 amide bonds. The van der Waals surface area contributed by atoms with Crippen LogP contribution in [-0.2, 0) is 11.2 Å². The third kappa shape index (κ3) is 3.27. The van der Waals surface area contributed by atoms with Crippen LogP contribution in [0, 0.1) is 0 Å². The van der Waals surface area contributed by atoms with Gasteiger partial charge in [-0.15, -0.1) is 0 Å². The molecule has 0 atom stereocenters. The second-order valence-corrected chi connectivity index (χ2v) is 4.48. The van der Waals surface area contributed by atoms with Gasteiger partial charge in [-0.2, -0.15) is 0 Å². The van der Waals surface area contributed by atoms with Gasteiger partial charge in [-0.3, -0.25) is 19.7 Å².